The van der Waals surface area contributed by atoms with Gasteiger partial charge >= 0.3 is 0 Å². The summed E-state index contributed by atoms with van der Waals surface area (Å²) in [4.78, 5) is 4.23. The van der Waals surface area contributed by atoms with Gasteiger partial charge in [-0.15, -0.1) is 0 Å². The van der Waals surface area contributed by atoms with Crippen LogP contribution >= 0.6 is 0 Å². The highest BCUT2D eigenvalue weighted by atomic mass is 16.6. The van der Waals surface area contributed by atoms with Crippen LogP contribution in [0.15, 0.2) is 24.3 Å². The van der Waals surface area contributed by atoms with Gasteiger partial charge in [0.1, 0.15) is 12.7 Å². The largest absolute Gasteiger partial charge is 0.486 e. The Morgan fingerprint density at radius 3 is 2.60 bits per heavy atom. The number of hydrogen-bond donors (Lipinski definition) is 2. The van der Waals surface area contributed by atoms with Crippen LogP contribution < -0.4 is 15.2 Å². The molecule has 3 rings (SSSR count). The second kappa shape index (κ2) is 5.58. The van der Waals surface area contributed by atoms with Gasteiger partial charge in [0.25, 0.3) is 0 Å². The van der Waals surface area contributed by atoms with Crippen LogP contribution in [-0.4, -0.2) is 61.2 Å². The van der Waals surface area contributed by atoms with Crippen molar-refractivity contribution in [3.05, 3.63) is 24.3 Å². The monoisotopic (exact) mass is 276 g/mol. The molecule has 6 heteroatoms. The fourth-order valence-electron chi connectivity index (χ4n) is 2.61. The molecule has 0 spiro atoms. The summed E-state index contributed by atoms with van der Waals surface area (Å²) in [5.74, 6) is 1.81. The van der Waals surface area contributed by atoms with Crippen molar-refractivity contribution in [1.29, 1.82) is 5.41 Å². The summed E-state index contributed by atoms with van der Waals surface area (Å²) in [6, 6.07) is 7.77. The van der Waals surface area contributed by atoms with E-state index >= 15 is 0 Å². The van der Waals surface area contributed by atoms with Crippen LogP contribution in [0.2, 0.25) is 0 Å². The van der Waals surface area contributed by atoms with Gasteiger partial charge in [0.15, 0.2) is 17.5 Å². The van der Waals surface area contributed by atoms with E-state index in [1.54, 1.807) is 0 Å². The molecule has 20 heavy (non-hydrogen) atoms. The Balaban J connectivity index is 1.52. The van der Waals surface area contributed by atoms with Gasteiger partial charge in [-0.1, -0.05) is 12.1 Å². The van der Waals surface area contributed by atoms with E-state index in [0.29, 0.717) is 6.61 Å². The molecule has 0 saturated carbocycles. The molecule has 1 aromatic carbocycles. The fourth-order valence-corrected chi connectivity index (χ4v) is 2.61. The second-order valence-electron chi connectivity index (χ2n) is 5.17. The lowest BCUT2D eigenvalue weighted by Crippen LogP contribution is -2.53. The lowest BCUT2D eigenvalue weighted by atomic mass is 10.2. The predicted octanol–water partition coefficient (Wildman–Crippen LogP) is 0.337. The van der Waals surface area contributed by atoms with Crippen molar-refractivity contribution < 1.29 is 9.47 Å². The predicted molar refractivity (Wildman–Crippen MR) is 76.3 cm³/mol. The Bertz CT molecular complexity index is 486. The Morgan fingerprint density at radius 1 is 1.20 bits per heavy atom. The minimum Gasteiger partial charge on any atom is -0.486 e. The summed E-state index contributed by atoms with van der Waals surface area (Å²) < 4.78 is 11.7. The number of ether oxygens (including phenoxy) is 2. The van der Waals surface area contributed by atoms with Crippen LogP contribution in [0.3, 0.4) is 0 Å². The molecule has 6 nitrogen and oxygen atoms in total. The van der Waals surface area contributed by atoms with Gasteiger partial charge in [0, 0.05) is 32.7 Å². The number of guanidine groups is 1. The first-order chi connectivity index (χ1) is 9.72. The molecule has 0 bridgehead atoms. The maximum atomic E-state index is 7.43. The molecule has 1 saturated heterocycles. The third-order valence-electron chi connectivity index (χ3n) is 3.74. The second-order valence-corrected chi connectivity index (χ2v) is 5.17. The summed E-state index contributed by atoms with van der Waals surface area (Å²) in [6.45, 7) is 4.85. The highest BCUT2D eigenvalue weighted by molar-refractivity contribution is 5.74. The Hall–Kier alpha value is -1.95. The molecule has 2 aliphatic rings. The van der Waals surface area contributed by atoms with Crippen molar-refractivity contribution >= 4 is 5.96 Å². The van der Waals surface area contributed by atoms with E-state index < -0.39 is 0 Å². The zero-order valence-electron chi connectivity index (χ0n) is 11.4. The SMILES string of the molecule is N=C(N)N1CCN(CC2COc3ccccc3O2)CC1. The van der Waals surface area contributed by atoms with E-state index in [1.165, 1.54) is 0 Å². The van der Waals surface area contributed by atoms with Crippen LogP contribution in [-0.2, 0) is 0 Å². The Labute approximate surface area is 118 Å². The van der Waals surface area contributed by atoms with E-state index in [9.17, 15) is 0 Å². The average Bonchev–Trinajstić information content (AvgIpc) is 2.48. The molecular formula is C14H20N4O2. The maximum absolute atomic E-state index is 7.43. The van der Waals surface area contributed by atoms with Gasteiger partial charge in [-0.25, -0.2) is 0 Å². The maximum Gasteiger partial charge on any atom is 0.188 e. The normalized spacial score (nSPS) is 22.6. The van der Waals surface area contributed by atoms with Crippen molar-refractivity contribution in [1.82, 2.24) is 9.80 Å². The van der Waals surface area contributed by atoms with Crippen molar-refractivity contribution in [3.8, 4) is 11.5 Å². The van der Waals surface area contributed by atoms with Crippen LogP contribution in [0, 0.1) is 5.41 Å². The molecule has 108 valence electrons. The highest BCUT2D eigenvalue weighted by Gasteiger charge is 2.25. The number of nitrogens with two attached hydrogens (primary N) is 1. The zero-order valence-corrected chi connectivity index (χ0v) is 11.4. The third-order valence-corrected chi connectivity index (χ3v) is 3.74. The molecular weight excluding hydrogens is 256 g/mol. The molecule has 2 aliphatic heterocycles. The summed E-state index contributed by atoms with van der Waals surface area (Å²) in [6.07, 6.45) is 0.0637. The van der Waals surface area contributed by atoms with Gasteiger partial charge in [0.05, 0.1) is 0 Å². The van der Waals surface area contributed by atoms with Crippen molar-refractivity contribution in [2.75, 3.05) is 39.3 Å². The van der Waals surface area contributed by atoms with Crippen molar-refractivity contribution in [2.24, 2.45) is 5.73 Å². The molecule has 1 unspecified atom stereocenters. The standard InChI is InChI=1S/C14H20N4O2/c15-14(16)18-7-5-17(6-8-18)9-11-10-19-12-3-1-2-4-13(12)20-11/h1-4,11H,5-10H2,(H3,15,16). The summed E-state index contributed by atoms with van der Waals surface area (Å²) in [5, 5.41) is 7.43. The Morgan fingerprint density at radius 2 is 1.90 bits per heavy atom. The lowest BCUT2D eigenvalue weighted by molar-refractivity contribution is 0.0481. The molecule has 2 heterocycles. The smallest absolute Gasteiger partial charge is 0.188 e. The van der Waals surface area contributed by atoms with Gasteiger partial charge in [-0.3, -0.25) is 10.3 Å². The minimum atomic E-state index is 0.0637. The number of fused-ring (bicyclic) bond motifs is 1. The first-order valence-electron chi connectivity index (χ1n) is 6.92. The summed E-state index contributed by atoms with van der Waals surface area (Å²) >= 11 is 0. The third kappa shape index (κ3) is 2.80. The van der Waals surface area contributed by atoms with E-state index in [2.05, 4.69) is 4.90 Å². The van der Waals surface area contributed by atoms with Gasteiger partial charge in [-0.2, -0.15) is 0 Å². The summed E-state index contributed by atoms with van der Waals surface area (Å²) in [5.41, 5.74) is 5.50. The number of piperazine rings is 1. The minimum absolute atomic E-state index is 0.0637. The van der Waals surface area contributed by atoms with Gasteiger partial charge in [0.2, 0.25) is 0 Å². The van der Waals surface area contributed by atoms with Crippen LogP contribution in [0.4, 0.5) is 0 Å². The number of nitrogens with one attached hydrogen (secondary N) is 1. The molecule has 1 aromatic rings. The quantitative estimate of drug-likeness (QED) is 0.602. The number of hydrogen-bond acceptors (Lipinski definition) is 4. The topological polar surface area (TPSA) is 74.8 Å². The highest BCUT2D eigenvalue weighted by Crippen LogP contribution is 2.31. The number of para-hydroxylation sites is 2. The molecule has 0 amide bonds. The van der Waals surface area contributed by atoms with Gasteiger partial charge < -0.3 is 20.1 Å². The average molecular weight is 276 g/mol. The first kappa shape index (κ1) is 13.1. The van der Waals surface area contributed by atoms with E-state index in [1.807, 2.05) is 29.2 Å². The number of rotatable bonds is 2. The first-order valence-corrected chi connectivity index (χ1v) is 6.92. The summed E-state index contributed by atoms with van der Waals surface area (Å²) in [7, 11) is 0. The van der Waals surface area contributed by atoms with E-state index in [-0.39, 0.29) is 12.1 Å². The van der Waals surface area contributed by atoms with Crippen LogP contribution in [0.25, 0.3) is 0 Å². The Kier molecular flexibility index (Phi) is 3.64. The van der Waals surface area contributed by atoms with Gasteiger partial charge in [-0.05, 0) is 12.1 Å². The molecule has 0 radical (unpaired) electrons. The molecule has 3 N–H and O–H groups in total. The van der Waals surface area contributed by atoms with E-state index in [0.717, 1.165) is 44.2 Å². The molecule has 1 fully saturated rings. The van der Waals surface area contributed by atoms with Crippen LogP contribution in [0.1, 0.15) is 0 Å². The number of nitrogens with zero attached hydrogens (tertiary/aromatic N) is 2. The number of benzene rings is 1. The molecule has 0 aromatic heterocycles. The fraction of sp³-hybridized carbons (Fsp3) is 0.500. The van der Waals surface area contributed by atoms with Crippen LogP contribution in [0.5, 0.6) is 11.5 Å². The van der Waals surface area contributed by atoms with Crippen molar-refractivity contribution in [2.45, 2.75) is 6.10 Å². The molecule has 0 aliphatic carbocycles. The molecule has 1 atom stereocenters. The lowest BCUT2D eigenvalue weighted by Gasteiger charge is -2.37. The van der Waals surface area contributed by atoms with E-state index in [4.69, 9.17) is 20.6 Å². The zero-order chi connectivity index (χ0) is 13.9. The van der Waals surface area contributed by atoms with Crippen molar-refractivity contribution in [3.63, 3.8) is 0 Å².